The fourth-order valence-electron chi connectivity index (χ4n) is 2.39. The third-order valence-electron chi connectivity index (χ3n) is 3.41. The predicted molar refractivity (Wildman–Crippen MR) is 92.5 cm³/mol. The Balaban J connectivity index is 2.34. The molecule has 0 aliphatic heterocycles. The first kappa shape index (κ1) is 16.8. The minimum absolute atomic E-state index is 0.325. The van der Waals surface area contributed by atoms with E-state index in [2.05, 4.69) is 62.4 Å². The van der Waals surface area contributed by atoms with E-state index < -0.39 is 6.10 Å². The summed E-state index contributed by atoms with van der Waals surface area (Å²) < 4.78 is 0. The number of benzene rings is 1. The molecule has 4 heteroatoms. The van der Waals surface area contributed by atoms with Crippen molar-refractivity contribution in [3.05, 3.63) is 53.5 Å². The van der Waals surface area contributed by atoms with Crippen LogP contribution in [0.3, 0.4) is 0 Å². The molecule has 0 saturated carbocycles. The summed E-state index contributed by atoms with van der Waals surface area (Å²) in [5.41, 5.74) is 3.56. The number of H-pyrrole nitrogens is 1. The van der Waals surface area contributed by atoms with E-state index in [1.165, 1.54) is 16.0 Å². The van der Waals surface area contributed by atoms with Crippen molar-refractivity contribution in [1.29, 1.82) is 0 Å². The number of hydrogen-bond acceptors (Lipinski definition) is 3. The number of aromatic amines is 1. The highest BCUT2D eigenvalue weighted by atomic mass is 32.2. The second-order valence-electron chi connectivity index (χ2n) is 5.96. The second-order valence-corrected chi connectivity index (χ2v) is 7.02. The van der Waals surface area contributed by atoms with Crippen LogP contribution in [0.15, 0.2) is 40.8 Å². The molecular formula is C18H24N2OS. The number of nitrogens with one attached hydrogen (secondary N) is 1. The number of nitrogens with zero attached hydrogens (tertiary/aromatic N) is 1. The summed E-state index contributed by atoms with van der Waals surface area (Å²) in [7, 11) is 0. The zero-order chi connectivity index (χ0) is 16.3. The molecular weight excluding hydrogens is 292 g/mol. The summed E-state index contributed by atoms with van der Waals surface area (Å²) in [4.78, 5) is 9.08. The Morgan fingerprint density at radius 3 is 2.45 bits per heavy atom. The molecule has 0 saturated heterocycles. The van der Waals surface area contributed by atoms with Crippen molar-refractivity contribution in [2.45, 2.75) is 56.1 Å². The van der Waals surface area contributed by atoms with Gasteiger partial charge in [0.1, 0.15) is 17.0 Å². The van der Waals surface area contributed by atoms with Crippen LogP contribution in [0.5, 0.6) is 0 Å². The Morgan fingerprint density at radius 2 is 1.91 bits per heavy atom. The molecule has 0 fully saturated rings. The van der Waals surface area contributed by atoms with Crippen molar-refractivity contribution >= 4 is 11.8 Å². The molecule has 0 bridgehead atoms. The highest BCUT2D eigenvalue weighted by Crippen LogP contribution is 2.34. The van der Waals surface area contributed by atoms with Gasteiger partial charge in [-0.1, -0.05) is 37.8 Å². The smallest absolute Gasteiger partial charge is 0.136 e. The molecule has 1 aromatic carbocycles. The fraction of sp³-hybridized carbons (Fsp3) is 0.389. The molecule has 0 spiro atoms. The van der Waals surface area contributed by atoms with E-state index in [9.17, 15) is 5.11 Å². The third-order valence-corrected chi connectivity index (χ3v) is 4.38. The molecule has 0 aliphatic rings. The summed E-state index contributed by atoms with van der Waals surface area (Å²) in [6.07, 6.45) is 1.58. The molecule has 2 N–H and O–H groups in total. The summed E-state index contributed by atoms with van der Waals surface area (Å²) in [5, 5.41) is 11.1. The van der Waals surface area contributed by atoms with Crippen LogP contribution >= 0.6 is 11.8 Å². The molecule has 0 aliphatic carbocycles. The van der Waals surface area contributed by atoms with E-state index in [-0.39, 0.29) is 0 Å². The lowest BCUT2D eigenvalue weighted by molar-refractivity contribution is 0.172. The van der Waals surface area contributed by atoms with Crippen molar-refractivity contribution in [2.24, 2.45) is 0 Å². The first-order chi connectivity index (χ1) is 10.4. The van der Waals surface area contributed by atoms with Crippen LogP contribution in [0.25, 0.3) is 0 Å². The molecule has 0 amide bonds. The van der Waals surface area contributed by atoms with Crippen molar-refractivity contribution in [3.8, 4) is 0 Å². The maximum Gasteiger partial charge on any atom is 0.136 e. The van der Waals surface area contributed by atoms with Crippen LogP contribution in [0.4, 0.5) is 0 Å². The number of aliphatic hydroxyl groups is 1. The number of rotatable bonds is 6. The second kappa shape index (κ2) is 7.16. The zero-order valence-corrected chi connectivity index (χ0v) is 14.5. The summed E-state index contributed by atoms with van der Waals surface area (Å²) in [5.74, 6) is 0.945. The minimum atomic E-state index is -0.622. The Bertz CT molecular complexity index is 641. The van der Waals surface area contributed by atoms with Gasteiger partial charge in [0, 0.05) is 4.90 Å². The molecule has 22 heavy (non-hydrogen) atoms. The van der Waals surface area contributed by atoms with Crippen molar-refractivity contribution < 1.29 is 5.11 Å². The Kier molecular flexibility index (Phi) is 5.48. The first-order valence-electron chi connectivity index (χ1n) is 7.55. The highest BCUT2D eigenvalue weighted by molar-refractivity contribution is 7.99. The number of hydrogen-bond donors (Lipinski definition) is 2. The molecule has 2 rings (SSSR count). The van der Waals surface area contributed by atoms with Crippen molar-refractivity contribution in [1.82, 2.24) is 9.97 Å². The van der Waals surface area contributed by atoms with E-state index in [0.717, 1.165) is 10.7 Å². The third kappa shape index (κ3) is 4.02. The van der Waals surface area contributed by atoms with E-state index >= 15 is 0 Å². The van der Waals surface area contributed by atoms with Crippen molar-refractivity contribution in [2.75, 3.05) is 0 Å². The maximum atomic E-state index is 10.1. The predicted octanol–water partition coefficient (Wildman–Crippen LogP) is 4.91. The lowest BCUT2D eigenvalue weighted by Gasteiger charge is -2.07. The van der Waals surface area contributed by atoms with Gasteiger partial charge in [0.25, 0.3) is 0 Å². The summed E-state index contributed by atoms with van der Waals surface area (Å²) in [6.45, 7) is 12.1. The molecule has 118 valence electrons. The lowest BCUT2D eigenvalue weighted by Crippen LogP contribution is -1.98. The highest BCUT2D eigenvalue weighted by Gasteiger charge is 2.18. The standard InChI is InChI=1S/C18H24N2OS/c1-6-7-15(21)17-19-16(11(2)3)18(20-17)22-14-9-12(4)8-13(5)10-14/h6,8-11,15,21H,1,7H2,2-5H3,(H,19,20). The van der Waals surface area contributed by atoms with Crippen LogP contribution < -0.4 is 0 Å². The molecule has 2 aromatic rings. The Hall–Kier alpha value is -1.52. The SMILES string of the molecule is C=CCC(O)c1nc(Sc2cc(C)cc(C)c2)c(C(C)C)[nH]1. The number of aryl methyl sites for hydroxylation is 2. The van der Waals surface area contributed by atoms with E-state index in [0.29, 0.717) is 18.2 Å². The largest absolute Gasteiger partial charge is 0.385 e. The quantitative estimate of drug-likeness (QED) is 0.744. The average molecular weight is 316 g/mol. The van der Waals surface area contributed by atoms with Crippen LogP contribution in [0.1, 0.15) is 54.9 Å². The molecule has 3 nitrogen and oxygen atoms in total. The number of aromatic nitrogens is 2. The van der Waals surface area contributed by atoms with Gasteiger partial charge in [-0.3, -0.25) is 0 Å². The average Bonchev–Trinajstić information content (AvgIpc) is 2.82. The number of imidazole rings is 1. The lowest BCUT2D eigenvalue weighted by atomic mass is 10.1. The van der Waals surface area contributed by atoms with Crippen LogP contribution in [-0.2, 0) is 0 Å². The first-order valence-corrected chi connectivity index (χ1v) is 8.37. The van der Waals surface area contributed by atoms with Gasteiger partial charge in [0.15, 0.2) is 0 Å². The van der Waals surface area contributed by atoms with Crippen molar-refractivity contribution in [3.63, 3.8) is 0 Å². The molecule has 1 atom stereocenters. The molecule has 1 unspecified atom stereocenters. The number of aliphatic hydroxyl groups excluding tert-OH is 1. The van der Waals surface area contributed by atoms with Gasteiger partial charge in [-0.05, 0) is 49.4 Å². The molecule has 0 radical (unpaired) electrons. The van der Waals surface area contributed by atoms with Gasteiger partial charge in [-0.2, -0.15) is 0 Å². The van der Waals surface area contributed by atoms with Gasteiger partial charge in [-0.15, -0.1) is 6.58 Å². The normalized spacial score (nSPS) is 12.6. The van der Waals surface area contributed by atoms with E-state index in [1.807, 2.05) is 0 Å². The minimum Gasteiger partial charge on any atom is -0.385 e. The van der Waals surface area contributed by atoms with E-state index in [1.54, 1.807) is 17.8 Å². The van der Waals surface area contributed by atoms with Crippen LogP contribution in [0, 0.1) is 13.8 Å². The molecule has 1 heterocycles. The monoisotopic (exact) mass is 316 g/mol. The van der Waals surface area contributed by atoms with Crippen LogP contribution in [0.2, 0.25) is 0 Å². The maximum absolute atomic E-state index is 10.1. The van der Waals surface area contributed by atoms with Gasteiger partial charge < -0.3 is 10.1 Å². The zero-order valence-electron chi connectivity index (χ0n) is 13.7. The summed E-state index contributed by atoms with van der Waals surface area (Å²) in [6, 6.07) is 6.49. The van der Waals surface area contributed by atoms with Gasteiger partial charge in [-0.25, -0.2) is 4.98 Å². The van der Waals surface area contributed by atoms with E-state index in [4.69, 9.17) is 0 Å². The van der Waals surface area contributed by atoms with Gasteiger partial charge in [0.05, 0.1) is 5.69 Å². The summed E-state index contributed by atoms with van der Waals surface area (Å²) >= 11 is 1.65. The van der Waals surface area contributed by atoms with Gasteiger partial charge >= 0.3 is 0 Å². The van der Waals surface area contributed by atoms with Crippen LogP contribution in [-0.4, -0.2) is 15.1 Å². The topological polar surface area (TPSA) is 48.9 Å². The molecule has 1 aromatic heterocycles. The Morgan fingerprint density at radius 1 is 1.27 bits per heavy atom. The van der Waals surface area contributed by atoms with Gasteiger partial charge in [0.2, 0.25) is 0 Å². The Labute approximate surface area is 136 Å². The fourth-order valence-corrected chi connectivity index (χ4v) is 3.64.